The minimum atomic E-state index is -0.566. The lowest BCUT2D eigenvalue weighted by Crippen LogP contribution is -2.56. The Balaban J connectivity index is 1.51. The van der Waals surface area contributed by atoms with Crippen LogP contribution in [0.2, 0.25) is 5.02 Å². The Morgan fingerprint density at radius 3 is 2.49 bits per heavy atom. The molecule has 190 valence electrons. The number of fused-ring (bicyclic) bond motifs is 1. The number of nitrogens with zero attached hydrogens (tertiary/aromatic N) is 4. The average molecular weight is 519 g/mol. The van der Waals surface area contributed by atoms with Gasteiger partial charge in [-0.25, -0.2) is 9.97 Å². The Kier molecular flexibility index (Phi) is 6.33. The lowest BCUT2D eigenvalue weighted by Gasteiger charge is -2.45. The molecule has 0 aliphatic carbocycles. The topological polar surface area (TPSA) is 113 Å². The van der Waals surface area contributed by atoms with Crippen molar-refractivity contribution in [3.8, 4) is 11.4 Å². The van der Waals surface area contributed by atoms with Crippen LogP contribution in [-0.2, 0) is 17.9 Å². The molecule has 1 aliphatic heterocycles. The summed E-state index contributed by atoms with van der Waals surface area (Å²) in [6.45, 7) is 7.33. The molecule has 1 fully saturated rings. The van der Waals surface area contributed by atoms with Gasteiger partial charge in [0, 0.05) is 53.7 Å². The molecule has 1 saturated heterocycles. The Morgan fingerprint density at radius 1 is 1.11 bits per heavy atom. The van der Waals surface area contributed by atoms with Crippen molar-refractivity contribution in [3.63, 3.8) is 0 Å². The Hall–Kier alpha value is -3.98. The third-order valence-electron chi connectivity index (χ3n) is 6.40. The molecule has 3 aromatic heterocycles. The maximum absolute atomic E-state index is 13.5. The largest absolute Gasteiger partial charge is 0.348 e. The summed E-state index contributed by atoms with van der Waals surface area (Å²) in [5.41, 5.74) is 2.20. The first-order valence-corrected chi connectivity index (χ1v) is 12.3. The van der Waals surface area contributed by atoms with Crippen LogP contribution in [0.1, 0.15) is 35.5 Å². The second-order valence-electron chi connectivity index (χ2n) is 10.2. The number of amides is 2. The number of rotatable bonds is 6. The van der Waals surface area contributed by atoms with Gasteiger partial charge in [0.25, 0.3) is 11.5 Å². The van der Waals surface area contributed by atoms with Crippen LogP contribution in [0.5, 0.6) is 0 Å². The number of likely N-dealkylation sites (tertiary alicyclic amines) is 1. The van der Waals surface area contributed by atoms with Crippen LogP contribution in [0, 0.1) is 12.3 Å². The van der Waals surface area contributed by atoms with Crippen molar-refractivity contribution in [3.05, 3.63) is 81.0 Å². The molecule has 5 rings (SSSR count). The zero-order chi connectivity index (χ0) is 26.3. The molecule has 37 heavy (non-hydrogen) atoms. The number of aromatic amines is 1. The van der Waals surface area contributed by atoms with Crippen molar-refractivity contribution in [1.82, 2.24) is 29.7 Å². The highest BCUT2D eigenvalue weighted by atomic mass is 35.5. The second kappa shape index (κ2) is 9.48. The third-order valence-corrected chi connectivity index (χ3v) is 6.65. The van der Waals surface area contributed by atoms with Crippen LogP contribution < -0.4 is 10.9 Å². The van der Waals surface area contributed by atoms with Gasteiger partial charge in [-0.3, -0.25) is 19.0 Å². The van der Waals surface area contributed by atoms with Crippen LogP contribution in [0.15, 0.2) is 53.6 Å². The third kappa shape index (κ3) is 5.13. The number of nitrogens with one attached hydrogen (secondary N) is 2. The van der Waals surface area contributed by atoms with Gasteiger partial charge in [0.15, 0.2) is 0 Å². The molecule has 0 spiro atoms. The van der Waals surface area contributed by atoms with E-state index in [-0.39, 0.29) is 30.0 Å². The van der Waals surface area contributed by atoms with Crippen LogP contribution in [0.25, 0.3) is 22.4 Å². The molecule has 0 saturated carbocycles. The lowest BCUT2D eigenvalue weighted by molar-refractivity contribution is -0.142. The summed E-state index contributed by atoms with van der Waals surface area (Å²) >= 11 is 5.94. The summed E-state index contributed by atoms with van der Waals surface area (Å²) in [5, 5.41) is 3.95. The average Bonchev–Trinajstić information content (AvgIpc) is 3.29. The first-order valence-electron chi connectivity index (χ1n) is 12.0. The lowest BCUT2D eigenvalue weighted by atomic mass is 9.84. The van der Waals surface area contributed by atoms with E-state index >= 15 is 0 Å². The van der Waals surface area contributed by atoms with E-state index in [1.165, 1.54) is 10.6 Å². The molecule has 0 unspecified atom stereocenters. The summed E-state index contributed by atoms with van der Waals surface area (Å²) in [6, 6.07) is 10.4. The number of imidazole rings is 1. The fourth-order valence-electron chi connectivity index (χ4n) is 4.54. The van der Waals surface area contributed by atoms with Crippen molar-refractivity contribution in [2.45, 2.75) is 33.9 Å². The minimum Gasteiger partial charge on any atom is -0.348 e. The second-order valence-corrected chi connectivity index (χ2v) is 10.7. The summed E-state index contributed by atoms with van der Waals surface area (Å²) in [4.78, 5) is 53.4. The SMILES string of the molecule is Cc1cnc(-c2cnc3c(c2)cc(C(=O)NCc2ccc(Cl)cc2)c(=O)n3CC(=O)N2CC(C)(C)C2)[nH]1. The van der Waals surface area contributed by atoms with E-state index in [0.29, 0.717) is 40.5 Å². The smallest absolute Gasteiger partial charge is 0.265 e. The van der Waals surface area contributed by atoms with E-state index in [1.54, 1.807) is 41.6 Å². The highest BCUT2D eigenvalue weighted by Gasteiger charge is 2.37. The molecule has 2 N–H and O–H groups in total. The Morgan fingerprint density at radius 2 is 1.84 bits per heavy atom. The van der Waals surface area contributed by atoms with Gasteiger partial charge in [-0.2, -0.15) is 0 Å². The van der Waals surface area contributed by atoms with Gasteiger partial charge in [-0.1, -0.05) is 37.6 Å². The molecule has 9 nitrogen and oxygen atoms in total. The van der Waals surface area contributed by atoms with Crippen molar-refractivity contribution in [2.75, 3.05) is 13.1 Å². The maximum atomic E-state index is 13.5. The Bertz CT molecular complexity index is 1560. The molecule has 0 atom stereocenters. The number of hydrogen-bond acceptors (Lipinski definition) is 5. The fourth-order valence-corrected chi connectivity index (χ4v) is 4.67. The van der Waals surface area contributed by atoms with Crippen molar-refractivity contribution in [1.29, 1.82) is 0 Å². The maximum Gasteiger partial charge on any atom is 0.265 e. The summed E-state index contributed by atoms with van der Waals surface area (Å²) < 4.78 is 1.29. The highest BCUT2D eigenvalue weighted by Crippen LogP contribution is 2.29. The van der Waals surface area contributed by atoms with E-state index in [1.807, 2.05) is 13.0 Å². The number of carbonyl (C=O) groups is 2. The first-order chi connectivity index (χ1) is 17.6. The number of hydrogen-bond donors (Lipinski definition) is 2. The number of aryl methyl sites for hydroxylation is 1. The van der Waals surface area contributed by atoms with E-state index in [0.717, 1.165) is 11.3 Å². The molecular weight excluding hydrogens is 492 g/mol. The number of H-pyrrole nitrogens is 1. The zero-order valence-corrected chi connectivity index (χ0v) is 21.6. The van der Waals surface area contributed by atoms with Gasteiger partial charge < -0.3 is 15.2 Å². The summed E-state index contributed by atoms with van der Waals surface area (Å²) in [5.74, 6) is -0.0985. The van der Waals surface area contributed by atoms with E-state index < -0.39 is 11.5 Å². The van der Waals surface area contributed by atoms with Gasteiger partial charge in [0.2, 0.25) is 5.91 Å². The monoisotopic (exact) mass is 518 g/mol. The quantitative estimate of drug-likeness (QED) is 0.405. The van der Waals surface area contributed by atoms with Crippen molar-refractivity contribution >= 4 is 34.4 Å². The molecule has 0 bridgehead atoms. The standard InChI is InChI=1S/C27H27ClN6O3/c1-16-10-29-23(32-16)19-8-18-9-21(25(36)31-11-17-4-6-20(28)7-5-17)26(37)34(24(18)30-12-19)13-22(35)33-14-27(2,3)15-33/h4-10,12H,11,13-15H2,1-3H3,(H,29,32)(H,31,36). The number of carbonyl (C=O) groups excluding carboxylic acids is 2. The molecule has 2 amide bonds. The van der Waals surface area contributed by atoms with Crippen LogP contribution in [-0.4, -0.2) is 49.3 Å². The Labute approximate surface area is 218 Å². The molecule has 10 heteroatoms. The molecule has 4 heterocycles. The van der Waals surface area contributed by atoms with Crippen molar-refractivity contribution in [2.24, 2.45) is 5.41 Å². The molecule has 1 aliphatic rings. The van der Waals surface area contributed by atoms with Gasteiger partial charge >= 0.3 is 0 Å². The number of benzene rings is 1. The zero-order valence-electron chi connectivity index (χ0n) is 20.8. The summed E-state index contributed by atoms with van der Waals surface area (Å²) in [7, 11) is 0. The van der Waals surface area contributed by atoms with Crippen LogP contribution >= 0.6 is 11.6 Å². The first kappa shape index (κ1) is 24.7. The van der Waals surface area contributed by atoms with E-state index in [4.69, 9.17) is 11.6 Å². The number of aromatic nitrogens is 4. The van der Waals surface area contributed by atoms with Crippen molar-refractivity contribution < 1.29 is 9.59 Å². The van der Waals surface area contributed by atoms with Gasteiger partial charge in [-0.15, -0.1) is 0 Å². The normalized spacial score (nSPS) is 14.4. The van der Waals surface area contributed by atoms with E-state index in [2.05, 4.69) is 34.1 Å². The molecular formula is C27H27ClN6O3. The highest BCUT2D eigenvalue weighted by molar-refractivity contribution is 6.30. The molecule has 4 aromatic rings. The van der Waals surface area contributed by atoms with E-state index in [9.17, 15) is 14.4 Å². The molecule has 1 aromatic carbocycles. The number of pyridine rings is 2. The minimum absolute atomic E-state index is 0.0560. The predicted molar refractivity (Wildman–Crippen MR) is 141 cm³/mol. The molecule has 0 radical (unpaired) electrons. The van der Waals surface area contributed by atoms with Crippen LogP contribution in [0.3, 0.4) is 0 Å². The fraction of sp³-hybridized carbons (Fsp3) is 0.296. The number of halogens is 1. The van der Waals surface area contributed by atoms with Gasteiger partial charge in [-0.05, 0) is 42.2 Å². The van der Waals surface area contributed by atoms with Crippen LogP contribution in [0.4, 0.5) is 0 Å². The summed E-state index contributed by atoms with van der Waals surface area (Å²) in [6.07, 6.45) is 3.32. The predicted octanol–water partition coefficient (Wildman–Crippen LogP) is 3.55. The van der Waals surface area contributed by atoms with Gasteiger partial charge in [0.05, 0.1) is 0 Å². The van der Waals surface area contributed by atoms with Gasteiger partial charge in [0.1, 0.15) is 23.6 Å².